The van der Waals surface area contributed by atoms with Crippen LogP contribution in [0.3, 0.4) is 0 Å². The molecular weight excluding hydrogens is 384 g/mol. The first-order valence-corrected chi connectivity index (χ1v) is 9.23. The average Bonchev–Trinajstić information content (AvgIpc) is 2.78. The van der Waals surface area contributed by atoms with Crippen molar-refractivity contribution in [3.8, 4) is 17.2 Å². The first-order chi connectivity index (χ1) is 14.6. The van der Waals surface area contributed by atoms with Crippen LogP contribution in [0.5, 0.6) is 17.2 Å². The maximum atomic E-state index is 12.4. The van der Waals surface area contributed by atoms with Crippen LogP contribution in [0.1, 0.15) is 15.9 Å². The standard InChI is InChI=1S/C24H18O6/c1-27-20-11-12-21-17(13-23(25)30-22(21)14-20)15-28-24(26)16-7-9-19(10-8-16)29-18-5-3-2-4-6-18/h2-14H,15H2,1H3. The molecule has 0 atom stereocenters. The van der Waals surface area contributed by atoms with Crippen molar-refractivity contribution in [2.45, 2.75) is 6.61 Å². The van der Waals surface area contributed by atoms with Gasteiger partial charge < -0.3 is 18.6 Å². The van der Waals surface area contributed by atoms with Gasteiger partial charge in [0.1, 0.15) is 29.4 Å². The van der Waals surface area contributed by atoms with E-state index in [2.05, 4.69) is 0 Å². The van der Waals surface area contributed by atoms with E-state index in [4.69, 9.17) is 18.6 Å². The van der Waals surface area contributed by atoms with Gasteiger partial charge in [-0.3, -0.25) is 0 Å². The first kappa shape index (κ1) is 19.3. The van der Waals surface area contributed by atoms with E-state index >= 15 is 0 Å². The number of esters is 1. The van der Waals surface area contributed by atoms with E-state index < -0.39 is 11.6 Å². The molecule has 0 unspecified atom stereocenters. The van der Waals surface area contributed by atoms with E-state index in [0.29, 0.717) is 39.3 Å². The van der Waals surface area contributed by atoms with Crippen molar-refractivity contribution >= 4 is 16.9 Å². The van der Waals surface area contributed by atoms with Crippen LogP contribution in [0, 0.1) is 0 Å². The molecule has 150 valence electrons. The van der Waals surface area contributed by atoms with Crippen molar-refractivity contribution in [1.82, 2.24) is 0 Å². The van der Waals surface area contributed by atoms with Gasteiger partial charge in [0.15, 0.2) is 0 Å². The van der Waals surface area contributed by atoms with Gasteiger partial charge >= 0.3 is 11.6 Å². The van der Waals surface area contributed by atoms with Crippen LogP contribution in [0.25, 0.3) is 11.0 Å². The summed E-state index contributed by atoms with van der Waals surface area (Å²) in [4.78, 5) is 24.3. The summed E-state index contributed by atoms with van der Waals surface area (Å²) in [6.45, 7) is -0.0600. The van der Waals surface area contributed by atoms with Gasteiger partial charge in [0.25, 0.3) is 0 Å². The fourth-order valence-electron chi connectivity index (χ4n) is 2.97. The number of hydrogen-bond acceptors (Lipinski definition) is 6. The second-order valence-corrected chi connectivity index (χ2v) is 6.47. The molecule has 0 aliphatic carbocycles. The van der Waals surface area contributed by atoms with Crippen molar-refractivity contribution in [3.05, 3.63) is 100 Å². The lowest BCUT2D eigenvalue weighted by atomic mass is 10.1. The van der Waals surface area contributed by atoms with Crippen molar-refractivity contribution in [3.63, 3.8) is 0 Å². The molecule has 0 radical (unpaired) electrons. The molecule has 30 heavy (non-hydrogen) atoms. The van der Waals surface area contributed by atoms with Gasteiger partial charge in [-0.05, 0) is 48.5 Å². The minimum Gasteiger partial charge on any atom is -0.497 e. The summed E-state index contributed by atoms with van der Waals surface area (Å²) >= 11 is 0. The Morgan fingerprint density at radius 2 is 1.57 bits per heavy atom. The largest absolute Gasteiger partial charge is 0.497 e. The maximum absolute atomic E-state index is 12.4. The summed E-state index contributed by atoms with van der Waals surface area (Å²) in [6, 6.07) is 22.5. The van der Waals surface area contributed by atoms with Crippen LogP contribution in [0.2, 0.25) is 0 Å². The van der Waals surface area contributed by atoms with E-state index in [-0.39, 0.29) is 6.61 Å². The fraction of sp³-hybridized carbons (Fsp3) is 0.0833. The Hall–Kier alpha value is -4.06. The molecule has 0 saturated carbocycles. The monoisotopic (exact) mass is 402 g/mol. The van der Waals surface area contributed by atoms with Crippen molar-refractivity contribution in [2.24, 2.45) is 0 Å². The highest BCUT2D eigenvalue weighted by atomic mass is 16.5. The molecule has 0 aliphatic rings. The number of fused-ring (bicyclic) bond motifs is 1. The molecule has 4 aromatic rings. The van der Waals surface area contributed by atoms with Gasteiger partial charge in [-0.15, -0.1) is 0 Å². The van der Waals surface area contributed by atoms with Crippen LogP contribution in [0.15, 0.2) is 88.1 Å². The zero-order valence-electron chi connectivity index (χ0n) is 16.2. The molecule has 0 spiro atoms. The summed E-state index contributed by atoms with van der Waals surface area (Å²) < 4.78 is 21.5. The smallest absolute Gasteiger partial charge is 0.338 e. The summed E-state index contributed by atoms with van der Waals surface area (Å²) in [5, 5.41) is 0.676. The van der Waals surface area contributed by atoms with Crippen molar-refractivity contribution in [1.29, 1.82) is 0 Å². The third-order valence-corrected chi connectivity index (χ3v) is 4.47. The number of carbonyl (C=O) groups is 1. The number of para-hydroxylation sites is 1. The van der Waals surface area contributed by atoms with E-state index in [1.807, 2.05) is 30.3 Å². The second-order valence-electron chi connectivity index (χ2n) is 6.47. The molecule has 0 fully saturated rings. The van der Waals surface area contributed by atoms with Gasteiger partial charge in [0, 0.05) is 23.1 Å². The zero-order chi connectivity index (χ0) is 20.9. The lowest BCUT2D eigenvalue weighted by molar-refractivity contribution is 0.0474. The molecular formula is C24H18O6. The fourth-order valence-corrected chi connectivity index (χ4v) is 2.97. The van der Waals surface area contributed by atoms with Crippen molar-refractivity contribution in [2.75, 3.05) is 7.11 Å². The Bertz CT molecular complexity index is 1230. The minimum absolute atomic E-state index is 0.0600. The molecule has 0 bridgehead atoms. The zero-order valence-corrected chi connectivity index (χ0v) is 16.2. The minimum atomic E-state index is -0.524. The van der Waals surface area contributed by atoms with Crippen LogP contribution in [-0.2, 0) is 11.3 Å². The lowest BCUT2D eigenvalue weighted by Gasteiger charge is -2.09. The molecule has 1 heterocycles. The summed E-state index contributed by atoms with van der Waals surface area (Å²) in [7, 11) is 1.53. The maximum Gasteiger partial charge on any atom is 0.338 e. The van der Waals surface area contributed by atoms with Crippen LogP contribution >= 0.6 is 0 Å². The highest BCUT2D eigenvalue weighted by Crippen LogP contribution is 2.24. The number of methoxy groups -OCH3 is 1. The normalized spacial score (nSPS) is 10.6. The van der Waals surface area contributed by atoms with Gasteiger partial charge in [0.2, 0.25) is 0 Å². The molecule has 0 aliphatic heterocycles. The second kappa shape index (κ2) is 8.53. The number of ether oxygens (including phenoxy) is 3. The molecule has 0 saturated heterocycles. The molecule has 0 N–H and O–H groups in total. The summed E-state index contributed by atoms with van der Waals surface area (Å²) in [5.74, 6) is 1.38. The van der Waals surface area contributed by atoms with E-state index in [9.17, 15) is 9.59 Å². The van der Waals surface area contributed by atoms with E-state index in [1.165, 1.54) is 13.2 Å². The summed E-state index contributed by atoms with van der Waals surface area (Å²) in [5.41, 5.74) is 0.783. The number of carbonyl (C=O) groups excluding carboxylic acids is 1. The Morgan fingerprint density at radius 1 is 0.867 bits per heavy atom. The topological polar surface area (TPSA) is 75.0 Å². The molecule has 6 heteroatoms. The Balaban J connectivity index is 1.46. The Kier molecular flexibility index (Phi) is 5.48. The molecule has 3 aromatic carbocycles. The number of benzene rings is 3. The summed E-state index contributed by atoms with van der Waals surface area (Å²) in [6.07, 6.45) is 0. The average molecular weight is 402 g/mol. The predicted octanol–water partition coefficient (Wildman–Crippen LogP) is 4.95. The molecule has 6 nitrogen and oxygen atoms in total. The van der Waals surface area contributed by atoms with Gasteiger partial charge in [-0.2, -0.15) is 0 Å². The lowest BCUT2D eigenvalue weighted by Crippen LogP contribution is -2.08. The van der Waals surface area contributed by atoms with E-state index in [0.717, 1.165) is 0 Å². The van der Waals surface area contributed by atoms with Gasteiger partial charge in [-0.25, -0.2) is 9.59 Å². The third kappa shape index (κ3) is 4.33. The Labute approximate surface area is 172 Å². The predicted molar refractivity (Wildman–Crippen MR) is 111 cm³/mol. The van der Waals surface area contributed by atoms with Gasteiger partial charge in [0.05, 0.1) is 12.7 Å². The van der Waals surface area contributed by atoms with Gasteiger partial charge in [-0.1, -0.05) is 18.2 Å². The first-order valence-electron chi connectivity index (χ1n) is 9.23. The molecule has 1 aromatic heterocycles. The SMILES string of the molecule is COc1ccc2c(COC(=O)c3ccc(Oc4ccccc4)cc3)cc(=O)oc2c1. The number of hydrogen-bond donors (Lipinski definition) is 0. The Morgan fingerprint density at radius 3 is 2.30 bits per heavy atom. The van der Waals surface area contributed by atoms with Crippen molar-refractivity contribution < 1.29 is 23.4 Å². The van der Waals surface area contributed by atoms with Crippen LogP contribution in [0.4, 0.5) is 0 Å². The van der Waals surface area contributed by atoms with Crippen LogP contribution in [-0.4, -0.2) is 13.1 Å². The van der Waals surface area contributed by atoms with Crippen LogP contribution < -0.4 is 15.1 Å². The molecule has 0 amide bonds. The van der Waals surface area contributed by atoms with E-state index in [1.54, 1.807) is 42.5 Å². The quantitative estimate of drug-likeness (QED) is 0.336. The molecule has 4 rings (SSSR count). The number of rotatable bonds is 6. The highest BCUT2D eigenvalue weighted by Gasteiger charge is 2.12. The highest BCUT2D eigenvalue weighted by molar-refractivity contribution is 5.90. The third-order valence-electron chi connectivity index (χ3n) is 4.47.